The summed E-state index contributed by atoms with van der Waals surface area (Å²) in [6, 6.07) is 7.42. The first-order chi connectivity index (χ1) is 8.95. The summed E-state index contributed by atoms with van der Waals surface area (Å²) in [5.41, 5.74) is 0.830. The van der Waals surface area contributed by atoms with Crippen LogP contribution in [0.2, 0.25) is 5.02 Å². The minimum absolute atomic E-state index is 0.211. The summed E-state index contributed by atoms with van der Waals surface area (Å²) < 4.78 is 10.8. The molecule has 3 nitrogen and oxygen atoms in total. The third-order valence-corrected chi connectivity index (χ3v) is 3.13. The number of hydrogen-bond donors (Lipinski definition) is 0. The summed E-state index contributed by atoms with van der Waals surface area (Å²) in [5, 5.41) is 0.612. The molecule has 0 aromatic heterocycles. The van der Waals surface area contributed by atoms with E-state index in [1.807, 2.05) is 39.0 Å². The zero-order chi connectivity index (χ0) is 14.4. The SMILES string of the molecule is CO[C@H](c1ccccc1Cl)[C@@H](C)OC(=O)CC(C)C. The van der Waals surface area contributed by atoms with Crippen LogP contribution < -0.4 is 0 Å². The van der Waals surface area contributed by atoms with Crippen LogP contribution in [0, 0.1) is 5.92 Å². The van der Waals surface area contributed by atoms with Gasteiger partial charge in [-0.2, -0.15) is 0 Å². The molecule has 0 bridgehead atoms. The number of esters is 1. The molecule has 0 unspecified atom stereocenters. The molecular weight excluding hydrogens is 264 g/mol. The average Bonchev–Trinajstić information content (AvgIpc) is 2.31. The van der Waals surface area contributed by atoms with Crippen LogP contribution in [-0.2, 0) is 14.3 Å². The van der Waals surface area contributed by atoms with Crippen molar-refractivity contribution < 1.29 is 14.3 Å². The van der Waals surface area contributed by atoms with Gasteiger partial charge in [0.1, 0.15) is 12.2 Å². The van der Waals surface area contributed by atoms with Gasteiger partial charge >= 0.3 is 5.97 Å². The number of halogens is 1. The molecule has 0 heterocycles. The Morgan fingerprint density at radius 1 is 1.26 bits per heavy atom. The van der Waals surface area contributed by atoms with E-state index >= 15 is 0 Å². The standard InChI is InChI=1S/C15H21ClO3/c1-10(2)9-14(17)19-11(3)15(18-4)12-7-5-6-8-13(12)16/h5-8,10-11,15H,9H2,1-4H3/t11-,15+/m1/s1. The fourth-order valence-corrected chi connectivity index (χ4v) is 2.17. The van der Waals surface area contributed by atoms with Gasteiger partial charge in [-0.15, -0.1) is 0 Å². The van der Waals surface area contributed by atoms with E-state index < -0.39 is 0 Å². The van der Waals surface area contributed by atoms with E-state index in [0.29, 0.717) is 11.4 Å². The van der Waals surface area contributed by atoms with Gasteiger partial charge in [-0.05, 0) is 18.9 Å². The number of carbonyl (C=O) groups is 1. The predicted octanol–water partition coefficient (Wildman–Crippen LogP) is 4.01. The molecule has 4 heteroatoms. The van der Waals surface area contributed by atoms with Gasteiger partial charge < -0.3 is 9.47 Å². The third kappa shape index (κ3) is 4.84. The van der Waals surface area contributed by atoms with E-state index in [2.05, 4.69) is 0 Å². The minimum atomic E-state index is -0.379. The summed E-state index contributed by atoms with van der Waals surface area (Å²) in [6.45, 7) is 5.78. The van der Waals surface area contributed by atoms with Crippen molar-refractivity contribution in [3.63, 3.8) is 0 Å². The quantitative estimate of drug-likeness (QED) is 0.741. The smallest absolute Gasteiger partial charge is 0.306 e. The van der Waals surface area contributed by atoms with Gasteiger partial charge in [-0.3, -0.25) is 4.79 Å². The Hall–Kier alpha value is -1.06. The lowest BCUT2D eigenvalue weighted by molar-refractivity contribution is -0.156. The molecule has 0 aliphatic rings. The first-order valence-corrected chi connectivity index (χ1v) is 6.80. The molecule has 0 N–H and O–H groups in total. The highest BCUT2D eigenvalue weighted by Crippen LogP contribution is 2.29. The van der Waals surface area contributed by atoms with E-state index in [1.54, 1.807) is 13.2 Å². The second-order valence-electron chi connectivity index (χ2n) is 4.97. The van der Waals surface area contributed by atoms with Crippen LogP contribution in [0.5, 0.6) is 0 Å². The Kier molecular flexibility index (Phi) is 6.32. The zero-order valence-electron chi connectivity index (χ0n) is 11.9. The van der Waals surface area contributed by atoms with Crippen LogP contribution in [-0.4, -0.2) is 19.2 Å². The molecule has 1 rings (SSSR count). The number of benzene rings is 1. The molecule has 0 aliphatic carbocycles. The van der Waals surface area contributed by atoms with Gasteiger partial charge in [0, 0.05) is 24.1 Å². The van der Waals surface area contributed by atoms with E-state index in [9.17, 15) is 4.79 Å². The van der Waals surface area contributed by atoms with Crippen LogP contribution in [0.15, 0.2) is 24.3 Å². The summed E-state index contributed by atoms with van der Waals surface area (Å²) in [7, 11) is 1.58. The lowest BCUT2D eigenvalue weighted by Gasteiger charge is -2.24. The van der Waals surface area contributed by atoms with Crippen molar-refractivity contribution in [2.45, 2.75) is 39.4 Å². The van der Waals surface area contributed by atoms with E-state index in [4.69, 9.17) is 21.1 Å². The first kappa shape index (κ1) is 16.0. The highest BCUT2D eigenvalue weighted by molar-refractivity contribution is 6.31. The Balaban J connectivity index is 2.75. The van der Waals surface area contributed by atoms with Gasteiger partial charge in [0.15, 0.2) is 0 Å². The third-order valence-electron chi connectivity index (χ3n) is 2.78. The van der Waals surface area contributed by atoms with Crippen molar-refractivity contribution in [1.82, 2.24) is 0 Å². The molecule has 0 amide bonds. The summed E-state index contributed by atoms with van der Waals surface area (Å²) in [5.74, 6) is 0.0672. The van der Waals surface area contributed by atoms with Crippen LogP contribution in [0.1, 0.15) is 38.9 Å². The maximum absolute atomic E-state index is 11.7. The molecule has 0 fully saturated rings. The molecule has 106 valence electrons. The fourth-order valence-electron chi connectivity index (χ4n) is 1.93. The van der Waals surface area contributed by atoms with Crippen molar-refractivity contribution in [2.75, 3.05) is 7.11 Å². The van der Waals surface area contributed by atoms with Gasteiger partial charge in [0.25, 0.3) is 0 Å². The molecule has 0 aliphatic heterocycles. The lowest BCUT2D eigenvalue weighted by Crippen LogP contribution is -2.24. The topological polar surface area (TPSA) is 35.5 Å². The first-order valence-electron chi connectivity index (χ1n) is 6.42. The van der Waals surface area contributed by atoms with Crippen molar-refractivity contribution in [2.24, 2.45) is 5.92 Å². The van der Waals surface area contributed by atoms with Crippen molar-refractivity contribution in [3.8, 4) is 0 Å². The molecule has 0 radical (unpaired) electrons. The highest BCUT2D eigenvalue weighted by atomic mass is 35.5. The zero-order valence-corrected chi connectivity index (χ0v) is 12.6. The number of methoxy groups -OCH3 is 1. The number of carbonyl (C=O) groups excluding carboxylic acids is 1. The number of hydrogen-bond acceptors (Lipinski definition) is 3. The fraction of sp³-hybridized carbons (Fsp3) is 0.533. The molecular formula is C15H21ClO3. The van der Waals surface area contributed by atoms with Gasteiger partial charge in [0.05, 0.1) is 0 Å². The second-order valence-corrected chi connectivity index (χ2v) is 5.38. The highest BCUT2D eigenvalue weighted by Gasteiger charge is 2.24. The molecule has 0 saturated heterocycles. The van der Waals surface area contributed by atoms with E-state index in [-0.39, 0.29) is 24.1 Å². The Labute approximate surface area is 119 Å². The van der Waals surface area contributed by atoms with Crippen LogP contribution in [0.3, 0.4) is 0 Å². The summed E-state index contributed by atoms with van der Waals surface area (Å²) >= 11 is 6.14. The monoisotopic (exact) mass is 284 g/mol. The maximum atomic E-state index is 11.7. The molecule has 0 saturated carbocycles. The summed E-state index contributed by atoms with van der Waals surface area (Å²) in [4.78, 5) is 11.7. The maximum Gasteiger partial charge on any atom is 0.306 e. The summed E-state index contributed by atoms with van der Waals surface area (Å²) in [6.07, 6.45) is -0.329. The van der Waals surface area contributed by atoms with Crippen LogP contribution in [0.25, 0.3) is 0 Å². The van der Waals surface area contributed by atoms with E-state index in [1.165, 1.54) is 0 Å². The lowest BCUT2D eigenvalue weighted by atomic mass is 10.0. The average molecular weight is 285 g/mol. The van der Waals surface area contributed by atoms with Crippen molar-refractivity contribution >= 4 is 17.6 Å². The molecule has 19 heavy (non-hydrogen) atoms. The normalized spacial score (nSPS) is 14.2. The number of rotatable bonds is 6. The number of ether oxygens (including phenoxy) is 2. The molecule has 1 aromatic carbocycles. The van der Waals surface area contributed by atoms with Gasteiger partial charge in [-0.1, -0.05) is 43.6 Å². The minimum Gasteiger partial charge on any atom is -0.460 e. The molecule has 2 atom stereocenters. The second kappa shape index (κ2) is 7.51. The van der Waals surface area contributed by atoms with E-state index in [0.717, 1.165) is 5.56 Å². The van der Waals surface area contributed by atoms with Crippen molar-refractivity contribution in [1.29, 1.82) is 0 Å². The Morgan fingerprint density at radius 3 is 2.42 bits per heavy atom. The largest absolute Gasteiger partial charge is 0.460 e. The van der Waals surface area contributed by atoms with Gasteiger partial charge in [0.2, 0.25) is 0 Å². The van der Waals surface area contributed by atoms with Crippen LogP contribution in [0.4, 0.5) is 0 Å². The Morgan fingerprint density at radius 2 is 1.89 bits per heavy atom. The predicted molar refractivity (Wildman–Crippen MR) is 76.2 cm³/mol. The Bertz CT molecular complexity index is 418. The van der Waals surface area contributed by atoms with Crippen LogP contribution >= 0.6 is 11.6 Å². The molecule has 0 spiro atoms. The van der Waals surface area contributed by atoms with Crippen molar-refractivity contribution in [3.05, 3.63) is 34.9 Å². The van der Waals surface area contributed by atoms with Gasteiger partial charge in [-0.25, -0.2) is 0 Å². The molecule has 1 aromatic rings.